The molecule has 0 unspecified atom stereocenters. The summed E-state index contributed by atoms with van der Waals surface area (Å²) in [5, 5.41) is 8.68. The van der Waals surface area contributed by atoms with Crippen molar-refractivity contribution in [2.75, 3.05) is 7.11 Å². The Kier molecular flexibility index (Phi) is 2.29. The molecule has 2 aromatic rings. The normalized spacial score (nSPS) is 10.5. The van der Waals surface area contributed by atoms with E-state index in [4.69, 9.17) is 9.84 Å². The molecule has 78 valence electrons. The largest absolute Gasteiger partial charge is 0.481 e. The van der Waals surface area contributed by atoms with Crippen LogP contribution >= 0.6 is 0 Å². The van der Waals surface area contributed by atoms with E-state index in [-0.39, 0.29) is 6.54 Å². The number of nitrogens with zero attached hydrogens (tertiary/aromatic N) is 2. The molecule has 0 aliphatic carbocycles. The second-order valence-corrected chi connectivity index (χ2v) is 3.10. The number of fused-ring (bicyclic) bond motifs is 1. The van der Waals surface area contributed by atoms with E-state index in [0.717, 1.165) is 11.0 Å². The number of ether oxygens (including phenoxy) is 1. The minimum absolute atomic E-state index is 0.0580. The molecule has 5 heteroatoms. The molecule has 0 fully saturated rings. The van der Waals surface area contributed by atoms with Crippen molar-refractivity contribution in [2.24, 2.45) is 0 Å². The predicted octanol–water partition coefficient (Wildman–Crippen LogP) is 1.13. The molecule has 0 bridgehead atoms. The van der Waals surface area contributed by atoms with Gasteiger partial charge in [-0.25, -0.2) is 4.98 Å². The van der Waals surface area contributed by atoms with Crippen LogP contribution in [-0.4, -0.2) is 27.7 Å². The number of aliphatic carboxylic acids is 1. The molecule has 2 heterocycles. The van der Waals surface area contributed by atoms with Crippen LogP contribution < -0.4 is 4.74 Å². The smallest absolute Gasteiger partial charge is 0.323 e. The number of rotatable bonds is 3. The summed E-state index contributed by atoms with van der Waals surface area (Å²) in [5.41, 5.74) is 1.52. The molecule has 0 spiro atoms. The van der Waals surface area contributed by atoms with Gasteiger partial charge in [-0.3, -0.25) is 4.79 Å². The Morgan fingerprint density at radius 2 is 2.33 bits per heavy atom. The lowest BCUT2D eigenvalue weighted by molar-refractivity contribution is -0.137. The van der Waals surface area contributed by atoms with Crippen LogP contribution in [0.15, 0.2) is 24.4 Å². The molecule has 0 atom stereocenters. The Labute approximate surface area is 85.9 Å². The molecule has 0 aliphatic heterocycles. The van der Waals surface area contributed by atoms with Crippen molar-refractivity contribution < 1.29 is 14.6 Å². The number of carbonyl (C=O) groups is 1. The molecule has 0 aromatic carbocycles. The Hall–Kier alpha value is -2.04. The number of carboxylic acid groups (broad SMARTS) is 1. The molecule has 0 saturated heterocycles. The second-order valence-electron chi connectivity index (χ2n) is 3.10. The fourth-order valence-corrected chi connectivity index (χ4v) is 1.45. The number of methoxy groups -OCH3 is 1. The Morgan fingerprint density at radius 3 is 3.00 bits per heavy atom. The summed E-state index contributed by atoms with van der Waals surface area (Å²) in [6.45, 7) is -0.0580. The highest BCUT2D eigenvalue weighted by molar-refractivity contribution is 5.78. The predicted molar refractivity (Wildman–Crippen MR) is 53.9 cm³/mol. The van der Waals surface area contributed by atoms with Crippen molar-refractivity contribution >= 4 is 17.0 Å². The third-order valence-corrected chi connectivity index (χ3v) is 2.11. The van der Waals surface area contributed by atoms with Crippen molar-refractivity contribution in [1.82, 2.24) is 9.55 Å². The maximum absolute atomic E-state index is 10.6. The molecule has 1 N–H and O–H groups in total. The summed E-state index contributed by atoms with van der Waals surface area (Å²) >= 11 is 0. The summed E-state index contributed by atoms with van der Waals surface area (Å²) in [7, 11) is 1.54. The zero-order valence-corrected chi connectivity index (χ0v) is 8.17. The lowest BCUT2D eigenvalue weighted by atomic mass is 10.4. The fraction of sp³-hybridized carbons (Fsp3) is 0.200. The Bertz CT molecular complexity index is 504. The van der Waals surface area contributed by atoms with Crippen molar-refractivity contribution in [2.45, 2.75) is 6.54 Å². The average Bonchev–Trinajstić information content (AvgIpc) is 2.60. The standard InChI is InChI=1S/C10H10N2O3/c1-15-9-3-2-8-7(11-9)4-5-12(8)6-10(13)14/h2-5H,6H2,1H3,(H,13,14). The Morgan fingerprint density at radius 1 is 1.53 bits per heavy atom. The van der Waals surface area contributed by atoms with Crippen LogP contribution in [0.3, 0.4) is 0 Å². The molecule has 0 saturated carbocycles. The molecule has 15 heavy (non-hydrogen) atoms. The minimum Gasteiger partial charge on any atom is -0.481 e. The van der Waals surface area contributed by atoms with Gasteiger partial charge in [0.2, 0.25) is 5.88 Å². The van der Waals surface area contributed by atoms with Crippen LogP contribution in [0.2, 0.25) is 0 Å². The molecule has 2 aromatic heterocycles. The van der Waals surface area contributed by atoms with E-state index >= 15 is 0 Å². The summed E-state index contributed by atoms with van der Waals surface area (Å²) in [6, 6.07) is 5.27. The van der Waals surface area contributed by atoms with E-state index in [2.05, 4.69) is 4.98 Å². The van der Waals surface area contributed by atoms with Gasteiger partial charge in [0, 0.05) is 12.3 Å². The van der Waals surface area contributed by atoms with E-state index in [0.29, 0.717) is 5.88 Å². The van der Waals surface area contributed by atoms with Gasteiger partial charge < -0.3 is 14.4 Å². The molecular formula is C10H10N2O3. The van der Waals surface area contributed by atoms with Gasteiger partial charge in [0.1, 0.15) is 6.54 Å². The molecule has 0 aliphatic rings. The molecular weight excluding hydrogens is 196 g/mol. The molecule has 2 rings (SSSR count). The third kappa shape index (κ3) is 1.76. The highest BCUT2D eigenvalue weighted by Gasteiger charge is 2.06. The van der Waals surface area contributed by atoms with E-state index in [9.17, 15) is 4.79 Å². The van der Waals surface area contributed by atoms with E-state index in [1.165, 1.54) is 0 Å². The van der Waals surface area contributed by atoms with Crippen LogP contribution in [0.5, 0.6) is 5.88 Å². The van der Waals surface area contributed by atoms with Crippen molar-refractivity contribution in [3.63, 3.8) is 0 Å². The van der Waals surface area contributed by atoms with Crippen molar-refractivity contribution in [3.05, 3.63) is 24.4 Å². The number of hydrogen-bond acceptors (Lipinski definition) is 3. The number of carboxylic acids is 1. The first-order valence-corrected chi connectivity index (χ1v) is 4.42. The zero-order chi connectivity index (χ0) is 10.8. The minimum atomic E-state index is -0.872. The van der Waals surface area contributed by atoms with Crippen LogP contribution in [0.4, 0.5) is 0 Å². The summed E-state index contributed by atoms with van der Waals surface area (Å²) in [5.74, 6) is -0.348. The third-order valence-electron chi connectivity index (χ3n) is 2.11. The number of pyridine rings is 1. The van der Waals surface area contributed by atoms with Crippen molar-refractivity contribution in [1.29, 1.82) is 0 Å². The molecule has 0 radical (unpaired) electrons. The summed E-state index contributed by atoms with van der Waals surface area (Å²) in [6.07, 6.45) is 1.70. The van der Waals surface area contributed by atoms with Crippen LogP contribution in [0.25, 0.3) is 11.0 Å². The van der Waals surface area contributed by atoms with Crippen LogP contribution in [0.1, 0.15) is 0 Å². The zero-order valence-electron chi connectivity index (χ0n) is 8.17. The van der Waals surface area contributed by atoms with Gasteiger partial charge in [0.25, 0.3) is 0 Å². The summed E-state index contributed by atoms with van der Waals surface area (Å²) < 4.78 is 6.61. The van der Waals surface area contributed by atoms with Gasteiger partial charge in [-0.15, -0.1) is 0 Å². The van der Waals surface area contributed by atoms with Gasteiger partial charge >= 0.3 is 5.97 Å². The van der Waals surface area contributed by atoms with Gasteiger partial charge in [-0.05, 0) is 12.1 Å². The van der Waals surface area contributed by atoms with Crippen LogP contribution in [0, 0.1) is 0 Å². The number of hydrogen-bond donors (Lipinski definition) is 1. The van der Waals surface area contributed by atoms with Gasteiger partial charge in [0.05, 0.1) is 18.1 Å². The Balaban J connectivity index is 2.47. The second kappa shape index (κ2) is 3.61. The number of aromatic nitrogens is 2. The van der Waals surface area contributed by atoms with Gasteiger partial charge in [-0.1, -0.05) is 0 Å². The topological polar surface area (TPSA) is 64.3 Å². The van der Waals surface area contributed by atoms with E-state index in [1.807, 2.05) is 0 Å². The van der Waals surface area contributed by atoms with Gasteiger partial charge in [0.15, 0.2) is 0 Å². The van der Waals surface area contributed by atoms with Gasteiger partial charge in [-0.2, -0.15) is 0 Å². The first kappa shape index (κ1) is 9.51. The van der Waals surface area contributed by atoms with E-state index < -0.39 is 5.97 Å². The highest BCUT2D eigenvalue weighted by atomic mass is 16.5. The lowest BCUT2D eigenvalue weighted by Gasteiger charge is -2.01. The average molecular weight is 206 g/mol. The summed E-state index contributed by atoms with van der Waals surface area (Å²) in [4.78, 5) is 14.8. The van der Waals surface area contributed by atoms with Crippen LogP contribution in [-0.2, 0) is 11.3 Å². The van der Waals surface area contributed by atoms with Crippen molar-refractivity contribution in [3.8, 4) is 5.88 Å². The maximum atomic E-state index is 10.6. The fourth-order valence-electron chi connectivity index (χ4n) is 1.45. The monoisotopic (exact) mass is 206 g/mol. The lowest BCUT2D eigenvalue weighted by Crippen LogP contribution is -2.07. The maximum Gasteiger partial charge on any atom is 0.323 e. The first-order chi connectivity index (χ1) is 7.20. The SMILES string of the molecule is COc1ccc2c(ccn2CC(=O)O)n1. The highest BCUT2D eigenvalue weighted by Crippen LogP contribution is 2.17. The molecule has 5 nitrogen and oxygen atoms in total. The van der Waals surface area contributed by atoms with E-state index in [1.54, 1.807) is 36.1 Å². The molecule has 0 amide bonds. The first-order valence-electron chi connectivity index (χ1n) is 4.42. The quantitative estimate of drug-likeness (QED) is 0.817.